The molecule has 0 aliphatic rings. The Bertz CT molecular complexity index is 377. The lowest BCUT2D eigenvalue weighted by molar-refractivity contribution is 0.0995. The number of nitrogens with zero attached hydrogens (tertiary/aromatic N) is 1. The van der Waals surface area contributed by atoms with Gasteiger partial charge in [0.05, 0.1) is 4.16 Å². The van der Waals surface area contributed by atoms with Gasteiger partial charge < -0.3 is 0 Å². The van der Waals surface area contributed by atoms with E-state index in [2.05, 4.69) is 31.9 Å². The van der Waals surface area contributed by atoms with Crippen molar-refractivity contribution in [3.05, 3.63) is 35.9 Å². The summed E-state index contributed by atoms with van der Waals surface area (Å²) >= 11 is 7.57. The van der Waals surface area contributed by atoms with Gasteiger partial charge in [0.25, 0.3) is 0 Å². The second-order valence-electron chi connectivity index (χ2n) is 2.69. The lowest BCUT2D eigenvalue weighted by Crippen LogP contribution is -2.21. The van der Waals surface area contributed by atoms with E-state index in [4.69, 9.17) is 5.26 Å². The third kappa shape index (κ3) is 3.63. The van der Waals surface area contributed by atoms with Crippen LogP contribution in [-0.4, -0.2) is 14.8 Å². The Labute approximate surface area is 109 Å². The molecule has 0 N–H and O–H groups in total. The van der Waals surface area contributed by atoms with Crippen molar-refractivity contribution < 1.29 is 4.79 Å². The summed E-state index contributed by atoms with van der Waals surface area (Å²) in [5, 5.41) is 10.4. The fraction of sp³-hybridized carbons (Fsp3) is 0.200. The summed E-state index contributed by atoms with van der Waals surface area (Å²) in [6.45, 7) is 0. The third-order valence-electron chi connectivity index (χ3n) is 1.70. The van der Waals surface area contributed by atoms with E-state index < -0.39 is 4.83 Å². The number of rotatable bonds is 4. The monoisotopic (exact) mass is 347 g/mol. The standard InChI is InChI=1S/C10H7Br2NOS/c11-8(10(12)15-6-13)9(14)7-4-2-1-3-5-7/h1-5,8,10H. The Balaban J connectivity index is 2.74. The SMILES string of the molecule is N#CSC(Br)C(Br)C(=O)c1ccccc1. The summed E-state index contributed by atoms with van der Waals surface area (Å²) in [4.78, 5) is 11.5. The van der Waals surface area contributed by atoms with Crippen molar-refractivity contribution in [1.82, 2.24) is 0 Å². The van der Waals surface area contributed by atoms with Gasteiger partial charge in [-0.15, -0.1) is 0 Å². The van der Waals surface area contributed by atoms with Crippen LogP contribution in [-0.2, 0) is 0 Å². The smallest absolute Gasteiger partial charge is 0.178 e. The molecule has 2 unspecified atom stereocenters. The van der Waals surface area contributed by atoms with E-state index in [1.54, 1.807) is 12.1 Å². The first-order valence-electron chi connectivity index (χ1n) is 4.09. The molecule has 0 radical (unpaired) electrons. The number of hydrogen-bond acceptors (Lipinski definition) is 3. The van der Waals surface area contributed by atoms with E-state index in [1.807, 2.05) is 23.6 Å². The zero-order valence-corrected chi connectivity index (χ0v) is 11.5. The van der Waals surface area contributed by atoms with Crippen LogP contribution in [0.1, 0.15) is 10.4 Å². The number of nitriles is 1. The lowest BCUT2D eigenvalue weighted by Gasteiger charge is -2.11. The molecule has 0 saturated heterocycles. The van der Waals surface area contributed by atoms with Crippen molar-refractivity contribution in [3.63, 3.8) is 0 Å². The molecule has 0 bridgehead atoms. The molecule has 0 aromatic heterocycles. The average molecular weight is 349 g/mol. The molecule has 0 amide bonds. The molecule has 15 heavy (non-hydrogen) atoms. The molecule has 0 saturated carbocycles. The number of carbonyl (C=O) groups excluding carboxylic acids is 1. The maximum Gasteiger partial charge on any atom is 0.178 e. The maximum atomic E-state index is 11.9. The summed E-state index contributed by atoms with van der Waals surface area (Å²) in [7, 11) is 0. The number of Topliss-reactive ketones (excluding diaryl/α,β-unsaturated/α-hetero) is 1. The lowest BCUT2D eigenvalue weighted by atomic mass is 10.1. The molecule has 0 aliphatic heterocycles. The highest BCUT2D eigenvalue weighted by atomic mass is 79.9. The molecule has 5 heteroatoms. The van der Waals surface area contributed by atoms with Crippen LogP contribution in [0.3, 0.4) is 0 Å². The zero-order valence-electron chi connectivity index (χ0n) is 7.56. The Morgan fingerprint density at radius 3 is 2.47 bits per heavy atom. The predicted octanol–water partition coefficient (Wildman–Crippen LogP) is 3.57. The van der Waals surface area contributed by atoms with Gasteiger partial charge in [-0.25, -0.2) is 0 Å². The van der Waals surface area contributed by atoms with E-state index in [0.29, 0.717) is 5.56 Å². The number of hydrogen-bond donors (Lipinski definition) is 0. The fourth-order valence-corrected chi connectivity index (χ4v) is 2.41. The maximum absolute atomic E-state index is 11.9. The molecule has 2 nitrogen and oxygen atoms in total. The number of thioether (sulfide) groups is 1. The summed E-state index contributed by atoms with van der Waals surface area (Å²) in [6.07, 6.45) is 0. The molecule has 0 aliphatic carbocycles. The highest BCUT2D eigenvalue weighted by Crippen LogP contribution is 2.27. The number of benzene rings is 1. The van der Waals surface area contributed by atoms with Gasteiger partial charge in [-0.1, -0.05) is 62.2 Å². The zero-order chi connectivity index (χ0) is 11.3. The van der Waals surface area contributed by atoms with Gasteiger partial charge in [-0.2, -0.15) is 5.26 Å². The summed E-state index contributed by atoms with van der Waals surface area (Å²) in [5.41, 5.74) is 0.641. The van der Waals surface area contributed by atoms with Crippen LogP contribution in [0.15, 0.2) is 30.3 Å². The topological polar surface area (TPSA) is 40.9 Å². The Kier molecular flexibility index (Phi) is 5.37. The molecule has 1 aromatic rings. The van der Waals surface area contributed by atoms with Crippen molar-refractivity contribution in [2.45, 2.75) is 8.99 Å². The average Bonchev–Trinajstić information content (AvgIpc) is 2.28. The fourth-order valence-electron chi connectivity index (χ4n) is 0.991. The first kappa shape index (κ1) is 12.8. The Morgan fingerprint density at radius 1 is 1.33 bits per heavy atom. The van der Waals surface area contributed by atoms with Crippen LogP contribution in [0.2, 0.25) is 0 Å². The number of alkyl halides is 2. The van der Waals surface area contributed by atoms with Crippen LogP contribution in [0, 0.1) is 10.7 Å². The molecule has 1 rings (SSSR count). The largest absolute Gasteiger partial charge is 0.293 e. The van der Waals surface area contributed by atoms with Gasteiger partial charge in [0, 0.05) is 5.56 Å². The van der Waals surface area contributed by atoms with Gasteiger partial charge in [0.15, 0.2) is 5.78 Å². The Morgan fingerprint density at radius 2 is 1.93 bits per heavy atom. The first-order chi connectivity index (χ1) is 7.16. The summed E-state index contributed by atoms with van der Waals surface area (Å²) < 4.78 is -0.241. The minimum absolute atomic E-state index is 0.0276. The van der Waals surface area contributed by atoms with Gasteiger partial charge in [0.2, 0.25) is 0 Å². The highest BCUT2D eigenvalue weighted by molar-refractivity contribution is 9.13. The molecular formula is C10H7Br2NOS. The van der Waals surface area contributed by atoms with Crippen LogP contribution in [0.4, 0.5) is 0 Å². The summed E-state index contributed by atoms with van der Waals surface area (Å²) in [6, 6.07) is 9.00. The van der Waals surface area contributed by atoms with Gasteiger partial charge >= 0.3 is 0 Å². The minimum Gasteiger partial charge on any atom is -0.293 e. The van der Waals surface area contributed by atoms with Gasteiger partial charge in [0.1, 0.15) is 10.2 Å². The van der Waals surface area contributed by atoms with E-state index >= 15 is 0 Å². The molecule has 2 atom stereocenters. The highest BCUT2D eigenvalue weighted by Gasteiger charge is 2.24. The van der Waals surface area contributed by atoms with E-state index in [1.165, 1.54) is 0 Å². The van der Waals surface area contributed by atoms with Crippen LogP contribution < -0.4 is 0 Å². The number of thiocyanates is 1. The normalized spacial score (nSPS) is 13.9. The van der Waals surface area contributed by atoms with Crippen molar-refractivity contribution in [1.29, 1.82) is 5.26 Å². The molecule has 0 fully saturated rings. The van der Waals surface area contributed by atoms with Crippen LogP contribution in [0.25, 0.3) is 0 Å². The van der Waals surface area contributed by atoms with Crippen LogP contribution in [0.5, 0.6) is 0 Å². The quantitative estimate of drug-likeness (QED) is 0.474. The predicted molar refractivity (Wildman–Crippen MR) is 69.4 cm³/mol. The van der Waals surface area contributed by atoms with E-state index in [0.717, 1.165) is 11.8 Å². The van der Waals surface area contributed by atoms with E-state index in [-0.39, 0.29) is 9.94 Å². The van der Waals surface area contributed by atoms with E-state index in [9.17, 15) is 4.79 Å². The second-order valence-corrected chi connectivity index (χ2v) is 6.20. The Hall–Kier alpha value is -0.310. The number of carbonyl (C=O) groups is 1. The van der Waals surface area contributed by atoms with Gasteiger partial charge in [-0.05, 0) is 11.8 Å². The van der Waals surface area contributed by atoms with Crippen molar-refractivity contribution >= 4 is 49.4 Å². The van der Waals surface area contributed by atoms with Crippen molar-refractivity contribution in [3.8, 4) is 5.40 Å². The molecule has 0 heterocycles. The van der Waals surface area contributed by atoms with Crippen molar-refractivity contribution in [2.24, 2.45) is 0 Å². The van der Waals surface area contributed by atoms with Crippen molar-refractivity contribution in [2.75, 3.05) is 0 Å². The molecule has 78 valence electrons. The minimum atomic E-state index is -0.399. The van der Waals surface area contributed by atoms with Gasteiger partial charge in [-0.3, -0.25) is 4.79 Å². The molecular weight excluding hydrogens is 342 g/mol. The molecule has 0 spiro atoms. The second kappa shape index (κ2) is 6.31. The van der Waals surface area contributed by atoms with Crippen LogP contribution >= 0.6 is 43.6 Å². The third-order valence-corrected chi connectivity index (χ3v) is 5.40. The molecule has 1 aromatic carbocycles. The first-order valence-corrected chi connectivity index (χ1v) is 6.80. The number of halogens is 2. The summed E-state index contributed by atoms with van der Waals surface area (Å²) in [5.74, 6) is -0.0276. The number of ketones is 1.